The highest BCUT2D eigenvalue weighted by Gasteiger charge is 2.27. The fourth-order valence-corrected chi connectivity index (χ4v) is 7.12. The van der Waals surface area contributed by atoms with Crippen LogP contribution in [0.5, 0.6) is 0 Å². The molecule has 2 aromatic heterocycles. The zero-order valence-electron chi connectivity index (χ0n) is 18.7. The largest absolute Gasteiger partial charge is 0.277 e. The molecule has 1 aromatic carbocycles. The van der Waals surface area contributed by atoms with E-state index in [1.807, 2.05) is 0 Å². The molecule has 10 nitrogen and oxygen atoms in total. The number of carbonyl (C=O) groups is 1. The van der Waals surface area contributed by atoms with E-state index in [1.165, 1.54) is 41.0 Å². The molecule has 13 heteroatoms. The molecule has 2 N–H and O–H groups in total. The standard InChI is InChI=1S/C22H23N5O5S3/c1-16(17-6-4-7-18(14-17)35(31,32)27-11-2-3-12-27)24-25-22(28)19-9-10-23-15-20(19)26-34(29,30)21-8-5-13-33-21/h4-10,13-15,26H,2-3,11-12H2,1H3,(H,25,28)/b24-16+. The summed E-state index contributed by atoms with van der Waals surface area (Å²) in [5.41, 5.74) is 3.34. The van der Waals surface area contributed by atoms with Crippen LogP contribution in [0.15, 0.2) is 74.4 Å². The van der Waals surface area contributed by atoms with Gasteiger partial charge in [0, 0.05) is 19.3 Å². The fraction of sp³-hybridized carbons (Fsp3) is 0.227. The van der Waals surface area contributed by atoms with E-state index in [0.29, 0.717) is 24.4 Å². The van der Waals surface area contributed by atoms with Gasteiger partial charge in [0.05, 0.1) is 28.1 Å². The minimum Gasteiger partial charge on any atom is -0.277 e. The third-order valence-corrected chi connectivity index (χ3v) is 10.0. The Labute approximate surface area is 207 Å². The van der Waals surface area contributed by atoms with Crippen LogP contribution in [0.4, 0.5) is 5.69 Å². The van der Waals surface area contributed by atoms with Gasteiger partial charge in [0.1, 0.15) is 4.21 Å². The molecule has 1 saturated heterocycles. The highest BCUT2D eigenvalue weighted by molar-refractivity contribution is 7.94. The number of thiophene rings is 1. The average Bonchev–Trinajstić information content (AvgIpc) is 3.58. The number of benzene rings is 1. The van der Waals surface area contributed by atoms with Gasteiger partial charge in [-0.2, -0.15) is 9.41 Å². The van der Waals surface area contributed by atoms with Crippen molar-refractivity contribution in [3.8, 4) is 0 Å². The number of hydrazone groups is 1. The summed E-state index contributed by atoms with van der Waals surface area (Å²) in [5, 5.41) is 5.73. The summed E-state index contributed by atoms with van der Waals surface area (Å²) in [7, 11) is -7.47. The summed E-state index contributed by atoms with van der Waals surface area (Å²) < 4.78 is 54.8. The van der Waals surface area contributed by atoms with Crippen LogP contribution >= 0.6 is 11.3 Å². The van der Waals surface area contributed by atoms with E-state index in [1.54, 1.807) is 30.5 Å². The van der Waals surface area contributed by atoms with Crippen molar-refractivity contribution in [1.82, 2.24) is 14.7 Å². The van der Waals surface area contributed by atoms with Crippen LogP contribution in [-0.2, 0) is 20.0 Å². The Hall–Kier alpha value is -3.13. The number of nitrogens with zero attached hydrogens (tertiary/aromatic N) is 3. The van der Waals surface area contributed by atoms with Crippen molar-refractivity contribution in [2.45, 2.75) is 28.9 Å². The SMILES string of the molecule is C/C(=N\NC(=O)c1ccncc1NS(=O)(=O)c1cccs1)c1cccc(S(=O)(=O)N2CCCC2)c1. The van der Waals surface area contributed by atoms with Gasteiger partial charge in [-0.25, -0.2) is 22.3 Å². The number of pyridine rings is 1. The minimum atomic E-state index is -3.87. The second kappa shape index (κ2) is 10.2. The van der Waals surface area contributed by atoms with E-state index in [2.05, 4.69) is 20.2 Å². The van der Waals surface area contributed by atoms with E-state index >= 15 is 0 Å². The predicted molar refractivity (Wildman–Crippen MR) is 133 cm³/mol. The summed E-state index contributed by atoms with van der Waals surface area (Å²) in [4.78, 5) is 16.9. The lowest BCUT2D eigenvalue weighted by atomic mass is 10.1. The molecule has 0 saturated carbocycles. The van der Waals surface area contributed by atoms with Crippen LogP contribution in [0, 0.1) is 0 Å². The molecule has 0 bridgehead atoms. The van der Waals surface area contributed by atoms with E-state index in [4.69, 9.17) is 0 Å². The summed E-state index contributed by atoms with van der Waals surface area (Å²) >= 11 is 1.05. The zero-order valence-corrected chi connectivity index (χ0v) is 21.2. The number of hydrogen-bond acceptors (Lipinski definition) is 8. The minimum absolute atomic E-state index is 0.00459. The van der Waals surface area contributed by atoms with E-state index in [0.717, 1.165) is 24.2 Å². The van der Waals surface area contributed by atoms with Crippen LogP contribution in [0.3, 0.4) is 0 Å². The summed E-state index contributed by atoms with van der Waals surface area (Å²) in [6.07, 6.45) is 4.28. The molecule has 0 unspecified atom stereocenters. The lowest BCUT2D eigenvalue weighted by molar-refractivity contribution is 0.0955. The second-order valence-corrected chi connectivity index (χ2v) is 12.5. The maximum atomic E-state index is 12.9. The lowest BCUT2D eigenvalue weighted by Gasteiger charge is -2.16. The molecule has 3 heterocycles. The van der Waals surface area contributed by atoms with Gasteiger partial charge < -0.3 is 0 Å². The topological polar surface area (TPSA) is 138 Å². The van der Waals surface area contributed by atoms with Gasteiger partial charge in [-0.15, -0.1) is 11.3 Å². The monoisotopic (exact) mass is 533 g/mol. The zero-order chi connectivity index (χ0) is 25.1. The van der Waals surface area contributed by atoms with Crippen LogP contribution < -0.4 is 10.1 Å². The molecule has 1 aliphatic rings. The predicted octanol–water partition coefficient (Wildman–Crippen LogP) is 2.88. The Balaban J connectivity index is 1.52. The quantitative estimate of drug-likeness (QED) is 0.337. The summed E-state index contributed by atoms with van der Waals surface area (Å²) in [5.74, 6) is -0.656. The first-order chi connectivity index (χ1) is 16.7. The third-order valence-electron chi connectivity index (χ3n) is 5.35. The normalized spacial score (nSPS) is 15.2. The Kier molecular flexibility index (Phi) is 7.31. The van der Waals surface area contributed by atoms with Gasteiger partial charge in [-0.3, -0.25) is 14.5 Å². The van der Waals surface area contributed by atoms with Crippen molar-refractivity contribution in [3.05, 3.63) is 71.4 Å². The first-order valence-electron chi connectivity index (χ1n) is 10.6. The molecule has 0 atom stereocenters. The number of aromatic nitrogens is 1. The van der Waals surface area contributed by atoms with Crippen molar-refractivity contribution in [3.63, 3.8) is 0 Å². The van der Waals surface area contributed by atoms with Gasteiger partial charge in [-0.1, -0.05) is 18.2 Å². The highest BCUT2D eigenvalue weighted by Crippen LogP contribution is 2.23. The van der Waals surface area contributed by atoms with Crippen LogP contribution in [-0.4, -0.2) is 50.8 Å². The van der Waals surface area contributed by atoms with Gasteiger partial charge in [-0.05, 0) is 55.0 Å². The van der Waals surface area contributed by atoms with Crippen LogP contribution in [0.2, 0.25) is 0 Å². The molecule has 184 valence electrons. The number of carbonyl (C=O) groups excluding carboxylic acids is 1. The van der Waals surface area contributed by atoms with Crippen molar-refractivity contribution in [2.75, 3.05) is 17.8 Å². The number of hydrogen-bond donors (Lipinski definition) is 2. The first-order valence-corrected chi connectivity index (χ1v) is 14.4. The maximum Gasteiger partial charge on any atom is 0.273 e. The molecule has 3 aromatic rings. The lowest BCUT2D eigenvalue weighted by Crippen LogP contribution is -2.28. The molecule has 0 aliphatic carbocycles. The molecular weight excluding hydrogens is 510 g/mol. The Morgan fingerprint density at radius 3 is 2.57 bits per heavy atom. The van der Waals surface area contributed by atoms with Crippen molar-refractivity contribution in [1.29, 1.82) is 0 Å². The Morgan fingerprint density at radius 2 is 1.86 bits per heavy atom. The number of sulfonamides is 2. The smallest absolute Gasteiger partial charge is 0.273 e. The van der Waals surface area contributed by atoms with Crippen molar-refractivity contribution in [2.24, 2.45) is 5.10 Å². The fourth-order valence-electron chi connectivity index (χ4n) is 3.50. The summed E-state index contributed by atoms with van der Waals surface area (Å²) in [6, 6.07) is 10.8. The molecule has 0 radical (unpaired) electrons. The average molecular weight is 534 g/mol. The maximum absolute atomic E-state index is 12.9. The number of amides is 1. The van der Waals surface area contributed by atoms with Gasteiger partial charge in [0.15, 0.2) is 0 Å². The molecular formula is C22H23N5O5S3. The number of nitrogens with one attached hydrogen (secondary N) is 2. The molecule has 1 fully saturated rings. The van der Waals surface area contributed by atoms with Crippen molar-refractivity contribution < 1.29 is 21.6 Å². The van der Waals surface area contributed by atoms with E-state index < -0.39 is 26.0 Å². The van der Waals surface area contributed by atoms with Crippen LogP contribution in [0.25, 0.3) is 0 Å². The third kappa shape index (κ3) is 5.59. The molecule has 0 spiro atoms. The first kappa shape index (κ1) is 25.0. The van der Waals surface area contributed by atoms with Crippen molar-refractivity contribution >= 4 is 48.7 Å². The Morgan fingerprint density at radius 1 is 1.09 bits per heavy atom. The Bertz CT molecular complexity index is 1460. The van der Waals surface area contributed by atoms with Gasteiger partial charge in [0.25, 0.3) is 15.9 Å². The number of anilines is 1. The molecule has 4 rings (SSSR count). The highest BCUT2D eigenvalue weighted by atomic mass is 32.2. The number of rotatable bonds is 8. The second-order valence-electron chi connectivity index (χ2n) is 7.74. The van der Waals surface area contributed by atoms with Gasteiger partial charge >= 0.3 is 0 Å². The molecule has 1 aliphatic heterocycles. The van der Waals surface area contributed by atoms with Crippen LogP contribution in [0.1, 0.15) is 35.7 Å². The van der Waals surface area contributed by atoms with E-state index in [9.17, 15) is 21.6 Å². The molecule has 35 heavy (non-hydrogen) atoms. The summed E-state index contributed by atoms with van der Waals surface area (Å²) in [6.45, 7) is 2.63. The van der Waals surface area contributed by atoms with Gasteiger partial charge in [0.2, 0.25) is 10.0 Å². The molecule has 1 amide bonds. The van der Waals surface area contributed by atoms with E-state index in [-0.39, 0.29) is 20.4 Å².